The molecule has 0 fully saturated rings. The van der Waals surface area contributed by atoms with Gasteiger partial charge in [-0.1, -0.05) is 12.1 Å². The van der Waals surface area contributed by atoms with Gasteiger partial charge in [0.05, 0.1) is 19.3 Å². The van der Waals surface area contributed by atoms with Gasteiger partial charge in [0.2, 0.25) is 0 Å². The topological polar surface area (TPSA) is 82.0 Å². The van der Waals surface area contributed by atoms with E-state index in [9.17, 15) is 5.11 Å². The van der Waals surface area contributed by atoms with Gasteiger partial charge in [-0.2, -0.15) is 0 Å². The van der Waals surface area contributed by atoms with Crippen molar-refractivity contribution in [3.05, 3.63) is 29.3 Å². The Labute approximate surface area is 125 Å². The summed E-state index contributed by atoms with van der Waals surface area (Å²) < 4.78 is 5.75. The third-order valence-corrected chi connectivity index (χ3v) is 3.87. The maximum absolute atomic E-state index is 9.90. The number of hydrogen-bond acceptors (Lipinski definition) is 5. The van der Waals surface area contributed by atoms with Crippen LogP contribution in [0.15, 0.2) is 18.2 Å². The van der Waals surface area contributed by atoms with Crippen molar-refractivity contribution in [3.8, 4) is 5.75 Å². The molecule has 0 aliphatic heterocycles. The predicted molar refractivity (Wildman–Crippen MR) is 80.5 cm³/mol. The lowest BCUT2D eigenvalue weighted by atomic mass is 9.91. The Bertz CT molecular complexity index is 434. The molecule has 5 heteroatoms. The second kappa shape index (κ2) is 8.34. The van der Waals surface area contributed by atoms with Crippen molar-refractivity contribution in [3.63, 3.8) is 0 Å². The van der Waals surface area contributed by atoms with Gasteiger partial charge in [0.25, 0.3) is 0 Å². The Kier molecular flexibility index (Phi) is 6.45. The molecule has 0 bridgehead atoms. The van der Waals surface area contributed by atoms with Crippen molar-refractivity contribution in [2.75, 3.05) is 26.4 Å². The molecule has 0 heterocycles. The summed E-state index contributed by atoms with van der Waals surface area (Å²) >= 11 is 0. The van der Waals surface area contributed by atoms with Crippen molar-refractivity contribution in [1.29, 1.82) is 0 Å². The first-order valence-electron chi connectivity index (χ1n) is 7.61. The van der Waals surface area contributed by atoms with Gasteiger partial charge in [-0.15, -0.1) is 0 Å². The monoisotopic (exact) mass is 295 g/mol. The fourth-order valence-electron chi connectivity index (χ4n) is 2.62. The van der Waals surface area contributed by atoms with Crippen LogP contribution in [-0.4, -0.2) is 53.8 Å². The zero-order valence-corrected chi connectivity index (χ0v) is 12.3. The highest BCUT2D eigenvalue weighted by Crippen LogP contribution is 2.29. The molecule has 1 aliphatic carbocycles. The standard InChI is InChI=1S/C16H25NO4/c18-9-13(10-19)17-8-14(20)11-21-16-7-3-5-12-4-1-2-6-15(12)16/h3,5,7,13-14,17-20H,1-2,4,6,8-11H2/t14-/m0/s1. The highest BCUT2D eigenvalue weighted by Gasteiger charge is 2.15. The highest BCUT2D eigenvalue weighted by atomic mass is 16.5. The van der Waals surface area contributed by atoms with E-state index >= 15 is 0 Å². The number of aliphatic hydroxyl groups excluding tert-OH is 3. The number of fused-ring (bicyclic) bond motifs is 1. The van der Waals surface area contributed by atoms with Crippen LogP contribution in [-0.2, 0) is 12.8 Å². The summed E-state index contributed by atoms with van der Waals surface area (Å²) in [4.78, 5) is 0. The number of aryl methyl sites for hydroxylation is 1. The number of aliphatic hydroxyl groups is 3. The normalized spacial score (nSPS) is 15.8. The molecule has 1 aliphatic rings. The third-order valence-electron chi connectivity index (χ3n) is 3.87. The smallest absolute Gasteiger partial charge is 0.122 e. The van der Waals surface area contributed by atoms with Crippen LogP contribution in [0.4, 0.5) is 0 Å². The Morgan fingerprint density at radius 3 is 2.67 bits per heavy atom. The number of nitrogens with one attached hydrogen (secondary N) is 1. The number of benzene rings is 1. The molecule has 0 spiro atoms. The van der Waals surface area contributed by atoms with Crippen molar-refractivity contribution in [1.82, 2.24) is 5.32 Å². The first kappa shape index (κ1) is 16.2. The zero-order chi connectivity index (χ0) is 15.1. The van der Waals surface area contributed by atoms with Gasteiger partial charge in [0.1, 0.15) is 18.5 Å². The van der Waals surface area contributed by atoms with E-state index in [1.165, 1.54) is 24.0 Å². The molecule has 1 aromatic carbocycles. The molecule has 2 rings (SSSR count). The minimum Gasteiger partial charge on any atom is -0.491 e. The van der Waals surface area contributed by atoms with Gasteiger partial charge in [0, 0.05) is 6.54 Å². The van der Waals surface area contributed by atoms with Gasteiger partial charge in [-0.05, 0) is 42.9 Å². The molecular formula is C16H25NO4. The van der Waals surface area contributed by atoms with Crippen molar-refractivity contribution in [2.24, 2.45) is 0 Å². The molecule has 1 atom stereocenters. The second-order valence-electron chi connectivity index (χ2n) is 5.54. The fourth-order valence-corrected chi connectivity index (χ4v) is 2.62. The predicted octanol–water partition coefficient (Wildman–Crippen LogP) is 0.248. The van der Waals surface area contributed by atoms with Crippen LogP contribution in [0.25, 0.3) is 0 Å². The van der Waals surface area contributed by atoms with Crippen LogP contribution in [0.3, 0.4) is 0 Å². The van der Waals surface area contributed by atoms with E-state index in [1.54, 1.807) is 0 Å². The average molecular weight is 295 g/mol. The van der Waals surface area contributed by atoms with E-state index in [1.807, 2.05) is 12.1 Å². The molecule has 0 unspecified atom stereocenters. The van der Waals surface area contributed by atoms with Crippen LogP contribution in [0.1, 0.15) is 24.0 Å². The molecule has 5 nitrogen and oxygen atoms in total. The minimum atomic E-state index is -0.676. The summed E-state index contributed by atoms with van der Waals surface area (Å²) in [5, 5.41) is 30.7. The maximum atomic E-state index is 9.90. The fraction of sp³-hybridized carbons (Fsp3) is 0.625. The van der Waals surface area contributed by atoms with Crippen molar-refractivity contribution < 1.29 is 20.1 Å². The van der Waals surface area contributed by atoms with Crippen LogP contribution in [0.5, 0.6) is 5.75 Å². The van der Waals surface area contributed by atoms with Crippen molar-refractivity contribution >= 4 is 0 Å². The van der Waals surface area contributed by atoms with Gasteiger partial charge >= 0.3 is 0 Å². The second-order valence-corrected chi connectivity index (χ2v) is 5.54. The summed E-state index contributed by atoms with van der Waals surface area (Å²) in [6, 6.07) is 5.70. The van der Waals surface area contributed by atoms with Gasteiger partial charge in [-0.25, -0.2) is 0 Å². The van der Waals surface area contributed by atoms with Crippen molar-refractivity contribution in [2.45, 2.75) is 37.8 Å². The van der Waals surface area contributed by atoms with Gasteiger partial charge in [-0.3, -0.25) is 0 Å². The summed E-state index contributed by atoms with van der Waals surface area (Å²) in [5.41, 5.74) is 2.62. The van der Waals surface area contributed by atoms with E-state index in [4.69, 9.17) is 14.9 Å². The summed E-state index contributed by atoms with van der Waals surface area (Å²) in [5.74, 6) is 0.868. The first-order valence-corrected chi connectivity index (χ1v) is 7.61. The van der Waals surface area contributed by atoms with Crippen LogP contribution < -0.4 is 10.1 Å². The molecule has 4 N–H and O–H groups in total. The van der Waals surface area contributed by atoms with Gasteiger partial charge in [0.15, 0.2) is 0 Å². The molecule has 0 saturated heterocycles. The van der Waals surface area contributed by atoms with Crippen LogP contribution in [0, 0.1) is 0 Å². The summed E-state index contributed by atoms with van der Waals surface area (Å²) in [6.07, 6.45) is 3.88. The third kappa shape index (κ3) is 4.68. The quantitative estimate of drug-likeness (QED) is 0.553. The summed E-state index contributed by atoms with van der Waals surface area (Å²) in [7, 11) is 0. The van der Waals surface area contributed by atoms with E-state index in [0.717, 1.165) is 18.6 Å². The minimum absolute atomic E-state index is 0.156. The lowest BCUT2D eigenvalue weighted by molar-refractivity contribution is 0.0924. The number of ether oxygens (including phenoxy) is 1. The molecule has 0 aromatic heterocycles. The molecule has 0 saturated carbocycles. The average Bonchev–Trinajstić information content (AvgIpc) is 2.53. The van der Waals surface area contributed by atoms with Crippen LogP contribution >= 0.6 is 0 Å². The summed E-state index contributed by atoms with van der Waals surface area (Å²) in [6.45, 7) is 0.167. The lowest BCUT2D eigenvalue weighted by Crippen LogP contribution is -2.42. The maximum Gasteiger partial charge on any atom is 0.122 e. The highest BCUT2D eigenvalue weighted by molar-refractivity contribution is 5.41. The van der Waals surface area contributed by atoms with Gasteiger partial charge < -0.3 is 25.4 Å². The Morgan fingerprint density at radius 2 is 1.90 bits per heavy atom. The first-order chi connectivity index (χ1) is 10.2. The van der Waals surface area contributed by atoms with E-state index < -0.39 is 12.1 Å². The van der Waals surface area contributed by atoms with E-state index in [-0.39, 0.29) is 26.4 Å². The Balaban J connectivity index is 1.83. The lowest BCUT2D eigenvalue weighted by Gasteiger charge is -2.21. The molecule has 0 amide bonds. The van der Waals surface area contributed by atoms with E-state index in [0.29, 0.717) is 0 Å². The van der Waals surface area contributed by atoms with Crippen LogP contribution in [0.2, 0.25) is 0 Å². The Hall–Kier alpha value is -1.14. The molecular weight excluding hydrogens is 270 g/mol. The molecule has 1 aromatic rings. The number of hydrogen-bond donors (Lipinski definition) is 4. The molecule has 118 valence electrons. The number of rotatable bonds is 8. The largest absolute Gasteiger partial charge is 0.491 e. The van der Waals surface area contributed by atoms with E-state index in [2.05, 4.69) is 11.4 Å². The molecule has 0 radical (unpaired) electrons. The zero-order valence-electron chi connectivity index (χ0n) is 12.3. The molecule has 21 heavy (non-hydrogen) atoms. The SMILES string of the molecule is OCC(CO)NC[C@H](O)COc1cccc2c1CCCC2. The Morgan fingerprint density at radius 1 is 1.14 bits per heavy atom.